The Morgan fingerprint density at radius 1 is 0.944 bits per heavy atom. The number of rotatable bonds is 3. The number of hydrogen-bond donors (Lipinski definition) is 2. The molecule has 90 valence electrons. The van der Waals surface area contributed by atoms with Gasteiger partial charge in [0, 0.05) is 23.6 Å². The van der Waals surface area contributed by atoms with Crippen LogP contribution in [0.3, 0.4) is 0 Å². The zero-order valence-corrected chi connectivity index (χ0v) is 9.33. The van der Waals surface area contributed by atoms with Gasteiger partial charge in [-0.05, 0) is 36.4 Å². The number of pyridine rings is 1. The predicted octanol–water partition coefficient (Wildman–Crippen LogP) is 2.03. The van der Waals surface area contributed by atoms with Crippen LogP contribution in [0.1, 0.15) is 20.7 Å². The smallest absolute Gasteiger partial charge is 0.335 e. The van der Waals surface area contributed by atoms with E-state index < -0.39 is 5.97 Å². The van der Waals surface area contributed by atoms with Gasteiger partial charge in [-0.3, -0.25) is 9.78 Å². The molecule has 1 amide bonds. The Morgan fingerprint density at radius 3 is 2.06 bits per heavy atom. The van der Waals surface area contributed by atoms with E-state index in [1.807, 2.05) is 0 Å². The molecule has 0 fully saturated rings. The number of carbonyl (C=O) groups is 2. The lowest BCUT2D eigenvalue weighted by molar-refractivity contribution is 0.0696. The third-order valence-electron chi connectivity index (χ3n) is 2.33. The molecule has 0 aliphatic heterocycles. The molecular weight excluding hydrogens is 232 g/mol. The number of carboxylic acids is 1. The first-order chi connectivity index (χ1) is 8.66. The molecule has 0 aliphatic rings. The second-order valence-electron chi connectivity index (χ2n) is 3.57. The maximum absolute atomic E-state index is 11.8. The van der Waals surface area contributed by atoms with Crippen molar-refractivity contribution >= 4 is 17.6 Å². The average molecular weight is 242 g/mol. The Hall–Kier alpha value is -2.69. The predicted molar refractivity (Wildman–Crippen MR) is 65.6 cm³/mol. The van der Waals surface area contributed by atoms with Crippen LogP contribution < -0.4 is 5.32 Å². The van der Waals surface area contributed by atoms with Crippen LogP contribution in [0.15, 0.2) is 48.8 Å². The van der Waals surface area contributed by atoms with Crippen molar-refractivity contribution in [1.82, 2.24) is 4.98 Å². The fourth-order valence-electron chi connectivity index (χ4n) is 1.40. The first kappa shape index (κ1) is 11.8. The van der Waals surface area contributed by atoms with Gasteiger partial charge in [0.1, 0.15) is 0 Å². The van der Waals surface area contributed by atoms with E-state index in [-0.39, 0.29) is 11.5 Å². The number of amides is 1. The van der Waals surface area contributed by atoms with Crippen LogP contribution in [0, 0.1) is 0 Å². The Balaban J connectivity index is 2.12. The van der Waals surface area contributed by atoms with Gasteiger partial charge in [0.2, 0.25) is 0 Å². The molecule has 5 nitrogen and oxygen atoms in total. The second kappa shape index (κ2) is 5.09. The van der Waals surface area contributed by atoms with Gasteiger partial charge in [-0.1, -0.05) is 0 Å². The molecule has 1 heterocycles. The van der Waals surface area contributed by atoms with Gasteiger partial charge >= 0.3 is 5.97 Å². The van der Waals surface area contributed by atoms with Gasteiger partial charge in [-0.15, -0.1) is 0 Å². The minimum Gasteiger partial charge on any atom is -0.478 e. The number of carboxylic acid groups (broad SMARTS) is 1. The summed E-state index contributed by atoms with van der Waals surface area (Å²) >= 11 is 0. The molecule has 0 atom stereocenters. The molecule has 18 heavy (non-hydrogen) atoms. The molecular formula is C13H10N2O3. The summed E-state index contributed by atoms with van der Waals surface area (Å²) in [5, 5.41) is 11.4. The van der Waals surface area contributed by atoms with Gasteiger partial charge in [-0.2, -0.15) is 0 Å². The highest BCUT2D eigenvalue weighted by molar-refractivity contribution is 6.04. The van der Waals surface area contributed by atoms with Crippen molar-refractivity contribution in [1.29, 1.82) is 0 Å². The normalized spacial score (nSPS) is 9.78. The van der Waals surface area contributed by atoms with Gasteiger partial charge in [0.15, 0.2) is 0 Å². The first-order valence-corrected chi connectivity index (χ1v) is 5.21. The van der Waals surface area contributed by atoms with Crippen LogP contribution in [0.25, 0.3) is 0 Å². The van der Waals surface area contributed by atoms with E-state index >= 15 is 0 Å². The van der Waals surface area contributed by atoms with Crippen molar-refractivity contribution in [2.75, 3.05) is 5.32 Å². The van der Waals surface area contributed by atoms with Crippen molar-refractivity contribution < 1.29 is 14.7 Å². The fraction of sp³-hybridized carbons (Fsp3) is 0. The first-order valence-electron chi connectivity index (χ1n) is 5.21. The van der Waals surface area contributed by atoms with Crippen LogP contribution in [-0.4, -0.2) is 22.0 Å². The fourth-order valence-corrected chi connectivity index (χ4v) is 1.40. The zero-order chi connectivity index (χ0) is 13.0. The maximum Gasteiger partial charge on any atom is 0.335 e. The Morgan fingerprint density at radius 2 is 1.50 bits per heavy atom. The lowest BCUT2D eigenvalue weighted by Crippen LogP contribution is -2.12. The number of nitrogens with zero attached hydrogens (tertiary/aromatic N) is 1. The molecule has 1 aromatic carbocycles. The van der Waals surface area contributed by atoms with Crippen LogP contribution in [0.5, 0.6) is 0 Å². The third-order valence-corrected chi connectivity index (χ3v) is 2.33. The van der Waals surface area contributed by atoms with Crippen molar-refractivity contribution in [3.63, 3.8) is 0 Å². The van der Waals surface area contributed by atoms with Crippen molar-refractivity contribution in [3.05, 3.63) is 59.9 Å². The quantitative estimate of drug-likeness (QED) is 0.863. The van der Waals surface area contributed by atoms with Crippen molar-refractivity contribution in [2.24, 2.45) is 0 Å². The molecule has 0 aliphatic carbocycles. The molecule has 2 N–H and O–H groups in total. The van der Waals surface area contributed by atoms with Gasteiger partial charge in [0.05, 0.1) is 5.56 Å². The Kier molecular flexibility index (Phi) is 3.33. The van der Waals surface area contributed by atoms with E-state index in [2.05, 4.69) is 10.3 Å². The van der Waals surface area contributed by atoms with E-state index in [1.165, 1.54) is 24.3 Å². The topological polar surface area (TPSA) is 79.3 Å². The van der Waals surface area contributed by atoms with E-state index in [0.29, 0.717) is 11.3 Å². The molecule has 0 radical (unpaired) electrons. The number of anilines is 1. The highest BCUT2D eigenvalue weighted by Gasteiger charge is 2.07. The van der Waals surface area contributed by atoms with Crippen molar-refractivity contribution in [2.45, 2.75) is 0 Å². The molecule has 0 bridgehead atoms. The Labute approximate surface area is 103 Å². The summed E-state index contributed by atoms with van der Waals surface area (Å²) in [7, 11) is 0. The summed E-state index contributed by atoms with van der Waals surface area (Å²) in [5.74, 6) is -1.31. The maximum atomic E-state index is 11.8. The number of carbonyl (C=O) groups excluding carboxylic acids is 1. The molecule has 5 heteroatoms. The summed E-state index contributed by atoms with van der Waals surface area (Å²) in [6.07, 6.45) is 3.15. The zero-order valence-electron chi connectivity index (χ0n) is 9.33. The third kappa shape index (κ3) is 2.70. The number of benzene rings is 1. The molecule has 0 saturated carbocycles. The standard InChI is InChI=1S/C13H10N2O3/c16-12(15-11-5-7-14-8-6-11)9-1-3-10(4-2-9)13(17)18/h1-8H,(H,17,18)(H,14,15,16). The summed E-state index contributed by atoms with van der Waals surface area (Å²) in [6, 6.07) is 9.07. The Bertz CT molecular complexity index is 565. The molecule has 0 saturated heterocycles. The average Bonchev–Trinajstić information content (AvgIpc) is 2.40. The molecule has 0 spiro atoms. The number of aromatic carboxylic acids is 1. The van der Waals surface area contributed by atoms with E-state index in [4.69, 9.17) is 5.11 Å². The second-order valence-corrected chi connectivity index (χ2v) is 3.57. The van der Waals surface area contributed by atoms with Gasteiger partial charge in [0.25, 0.3) is 5.91 Å². The summed E-state index contributed by atoms with van der Waals surface area (Å²) in [5.41, 5.74) is 1.18. The van der Waals surface area contributed by atoms with E-state index in [9.17, 15) is 9.59 Å². The number of nitrogens with one attached hydrogen (secondary N) is 1. The summed E-state index contributed by atoms with van der Waals surface area (Å²) < 4.78 is 0. The molecule has 2 aromatic rings. The van der Waals surface area contributed by atoms with Gasteiger partial charge in [-0.25, -0.2) is 4.79 Å². The SMILES string of the molecule is O=C(O)c1ccc(C(=O)Nc2ccncc2)cc1. The van der Waals surface area contributed by atoms with Crippen LogP contribution in [0.2, 0.25) is 0 Å². The molecule has 1 aromatic heterocycles. The lowest BCUT2D eigenvalue weighted by atomic mass is 10.1. The summed E-state index contributed by atoms with van der Waals surface area (Å²) in [6.45, 7) is 0. The summed E-state index contributed by atoms with van der Waals surface area (Å²) in [4.78, 5) is 26.3. The highest BCUT2D eigenvalue weighted by atomic mass is 16.4. The largest absolute Gasteiger partial charge is 0.478 e. The van der Waals surface area contributed by atoms with E-state index in [0.717, 1.165) is 0 Å². The van der Waals surface area contributed by atoms with Crippen LogP contribution >= 0.6 is 0 Å². The van der Waals surface area contributed by atoms with Crippen molar-refractivity contribution in [3.8, 4) is 0 Å². The molecule has 2 rings (SSSR count). The van der Waals surface area contributed by atoms with Gasteiger partial charge < -0.3 is 10.4 Å². The lowest BCUT2D eigenvalue weighted by Gasteiger charge is -2.04. The highest BCUT2D eigenvalue weighted by Crippen LogP contribution is 2.09. The van der Waals surface area contributed by atoms with E-state index in [1.54, 1.807) is 24.5 Å². The minimum atomic E-state index is -1.02. The minimum absolute atomic E-state index is 0.149. The number of aromatic nitrogens is 1. The number of hydrogen-bond acceptors (Lipinski definition) is 3. The van der Waals surface area contributed by atoms with Crippen LogP contribution in [-0.2, 0) is 0 Å². The van der Waals surface area contributed by atoms with Crippen LogP contribution in [0.4, 0.5) is 5.69 Å². The monoisotopic (exact) mass is 242 g/mol. The molecule has 0 unspecified atom stereocenters.